The molecule has 0 unspecified atom stereocenters. The number of nitrogens with zero attached hydrogens (tertiary/aromatic N) is 1. The Morgan fingerprint density at radius 2 is 1.80 bits per heavy atom. The SMILES string of the molecule is C[C@H](N)C(=O)N[C@@H](CCCCN)C(=O)N1CCC[C@H]1C(=O)N[C@@H](CC(N)=O)C(=O)O. The van der Waals surface area contributed by atoms with Crippen molar-refractivity contribution in [3.63, 3.8) is 0 Å². The second-order valence-corrected chi connectivity index (χ2v) is 7.39. The Hall–Kier alpha value is -2.73. The van der Waals surface area contributed by atoms with Crippen molar-refractivity contribution in [1.82, 2.24) is 15.5 Å². The van der Waals surface area contributed by atoms with Gasteiger partial charge in [-0.2, -0.15) is 0 Å². The molecule has 9 N–H and O–H groups in total. The number of carbonyl (C=O) groups is 5. The van der Waals surface area contributed by atoms with Crippen LogP contribution in [-0.2, 0) is 24.0 Å². The van der Waals surface area contributed by atoms with Gasteiger partial charge in [0.05, 0.1) is 12.5 Å². The van der Waals surface area contributed by atoms with E-state index >= 15 is 0 Å². The standard InChI is InChI=1S/C18H32N6O6/c1-10(20)15(26)22-11(5-2-3-7-19)17(28)24-8-4-6-13(24)16(27)23-12(18(29)30)9-14(21)25/h10-13H,2-9,19-20H2,1H3,(H2,21,25)(H,22,26)(H,23,27)(H,29,30)/t10-,11-,12-,13-/m0/s1. The molecular formula is C18H32N6O6. The van der Waals surface area contributed by atoms with E-state index in [0.29, 0.717) is 38.6 Å². The molecule has 170 valence electrons. The van der Waals surface area contributed by atoms with Crippen LogP contribution in [0.25, 0.3) is 0 Å². The molecule has 1 rings (SSSR count). The van der Waals surface area contributed by atoms with Crippen LogP contribution in [0.2, 0.25) is 0 Å². The van der Waals surface area contributed by atoms with Crippen LogP contribution in [0.4, 0.5) is 0 Å². The second-order valence-electron chi connectivity index (χ2n) is 7.39. The van der Waals surface area contributed by atoms with E-state index in [-0.39, 0.29) is 6.54 Å². The normalized spacial score (nSPS) is 18.9. The Balaban J connectivity index is 2.91. The highest BCUT2D eigenvalue weighted by Gasteiger charge is 2.39. The fourth-order valence-electron chi connectivity index (χ4n) is 3.23. The van der Waals surface area contributed by atoms with Gasteiger partial charge in [0.25, 0.3) is 0 Å². The molecule has 12 nitrogen and oxygen atoms in total. The third kappa shape index (κ3) is 7.59. The predicted octanol–water partition coefficient (Wildman–Crippen LogP) is -2.62. The van der Waals surface area contributed by atoms with Gasteiger partial charge in [0, 0.05) is 6.54 Å². The first-order valence-corrected chi connectivity index (χ1v) is 9.96. The number of hydrogen-bond acceptors (Lipinski definition) is 7. The van der Waals surface area contributed by atoms with E-state index in [2.05, 4.69) is 10.6 Å². The van der Waals surface area contributed by atoms with Crippen molar-refractivity contribution in [2.24, 2.45) is 17.2 Å². The number of rotatable bonds is 12. The number of carbonyl (C=O) groups excluding carboxylic acids is 4. The third-order valence-electron chi connectivity index (χ3n) is 4.83. The lowest BCUT2D eigenvalue weighted by Crippen LogP contribution is -2.56. The Kier molecular flexibility index (Phi) is 10.2. The smallest absolute Gasteiger partial charge is 0.326 e. The van der Waals surface area contributed by atoms with Crippen molar-refractivity contribution in [3.8, 4) is 0 Å². The number of primary amides is 1. The molecule has 1 heterocycles. The Bertz CT molecular complexity index is 655. The monoisotopic (exact) mass is 428 g/mol. The number of unbranched alkanes of at least 4 members (excludes halogenated alkanes) is 1. The van der Waals surface area contributed by atoms with Crippen molar-refractivity contribution >= 4 is 29.6 Å². The summed E-state index contributed by atoms with van der Waals surface area (Å²) in [6.45, 7) is 2.22. The molecule has 0 saturated carbocycles. The minimum absolute atomic E-state index is 0.284. The average molecular weight is 428 g/mol. The zero-order chi connectivity index (χ0) is 22.8. The molecule has 0 bridgehead atoms. The number of nitrogens with two attached hydrogens (primary N) is 3. The Morgan fingerprint density at radius 3 is 2.33 bits per heavy atom. The maximum absolute atomic E-state index is 13.1. The largest absolute Gasteiger partial charge is 0.480 e. The molecule has 12 heteroatoms. The maximum Gasteiger partial charge on any atom is 0.326 e. The second kappa shape index (κ2) is 12.1. The molecule has 0 radical (unpaired) electrons. The van der Waals surface area contributed by atoms with Gasteiger partial charge in [-0.1, -0.05) is 0 Å². The average Bonchev–Trinajstić information content (AvgIpc) is 3.15. The number of aliphatic carboxylic acids is 1. The number of carboxylic acid groups (broad SMARTS) is 1. The number of nitrogens with one attached hydrogen (secondary N) is 2. The molecule has 1 aliphatic rings. The quantitative estimate of drug-likeness (QED) is 0.181. The van der Waals surface area contributed by atoms with E-state index in [1.165, 1.54) is 11.8 Å². The predicted molar refractivity (Wildman–Crippen MR) is 107 cm³/mol. The first-order chi connectivity index (χ1) is 14.1. The van der Waals surface area contributed by atoms with Gasteiger partial charge in [0.15, 0.2) is 0 Å². The van der Waals surface area contributed by atoms with Gasteiger partial charge in [-0.05, 0) is 45.6 Å². The molecule has 0 aliphatic carbocycles. The van der Waals surface area contributed by atoms with Crippen molar-refractivity contribution in [1.29, 1.82) is 0 Å². The van der Waals surface area contributed by atoms with Gasteiger partial charge in [0.2, 0.25) is 23.6 Å². The highest BCUT2D eigenvalue weighted by atomic mass is 16.4. The third-order valence-corrected chi connectivity index (χ3v) is 4.83. The van der Waals surface area contributed by atoms with Crippen LogP contribution in [0.5, 0.6) is 0 Å². The molecule has 0 aromatic carbocycles. The van der Waals surface area contributed by atoms with E-state index in [0.717, 1.165) is 0 Å². The lowest BCUT2D eigenvalue weighted by molar-refractivity contribution is -0.146. The lowest BCUT2D eigenvalue weighted by Gasteiger charge is -2.29. The van der Waals surface area contributed by atoms with Crippen LogP contribution in [0, 0.1) is 0 Å². The van der Waals surface area contributed by atoms with Crippen LogP contribution in [0.3, 0.4) is 0 Å². The first-order valence-electron chi connectivity index (χ1n) is 9.96. The van der Waals surface area contributed by atoms with Crippen LogP contribution in [0.15, 0.2) is 0 Å². The van der Waals surface area contributed by atoms with Crippen molar-refractivity contribution in [3.05, 3.63) is 0 Å². The number of amides is 4. The number of carboxylic acids is 1. The van der Waals surface area contributed by atoms with Crippen LogP contribution in [-0.4, -0.2) is 76.9 Å². The van der Waals surface area contributed by atoms with Gasteiger partial charge < -0.3 is 37.8 Å². The van der Waals surface area contributed by atoms with Gasteiger partial charge in [-0.25, -0.2) is 4.79 Å². The molecule has 1 aliphatic heterocycles. The van der Waals surface area contributed by atoms with Gasteiger partial charge in [0.1, 0.15) is 18.1 Å². The molecule has 4 amide bonds. The van der Waals surface area contributed by atoms with Crippen molar-refractivity contribution in [2.75, 3.05) is 13.1 Å². The highest BCUT2D eigenvalue weighted by Crippen LogP contribution is 2.20. The fourth-order valence-corrected chi connectivity index (χ4v) is 3.23. The molecule has 4 atom stereocenters. The summed E-state index contributed by atoms with van der Waals surface area (Å²) in [5.74, 6) is -3.90. The minimum atomic E-state index is -1.48. The minimum Gasteiger partial charge on any atom is -0.480 e. The van der Waals surface area contributed by atoms with E-state index in [4.69, 9.17) is 17.2 Å². The molecule has 0 aromatic heterocycles. The molecular weight excluding hydrogens is 396 g/mol. The van der Waals surface area contributed by atoms with Gasteiger partial charge in [-0.3, -0.25) is 19.2 Å². The van der Waals surface area contributed by atoms with Crippen molar-refractivity contribution in [2.45, 2.75) is 69.6 Å². The Labute approximate surface area is 174 Å². The summed E-state index contributed by atoms with van der Waals surface area (Å²) in [5, 5.41) is 14.1. The number of hydrogen-bond donors (Lipinski definition) is 6. The zero-order valence-corrected chi connectivity index (χ0v) is 17.1. The highest BCUT2D eigenvalue weighted by molar-refractivity contribution is 5.95. The number of likely N-dealkylation sites (tertiary alicyclic amines) is 1. The van der Waals surface area contributed by atoms with Crippen molar-refractivity contribution < 1.29 is 29.1 Å². The maximum atomic E-state index is 13.1. The van der Waals surface area contributed by atoms with Crippen LogP contribution < -0.4 is 27.8 Å². The summed E-state index contributed by atoms with van der Waals surface area (Å²) in [4.78, 5) is 61.4. The van der Waals surface area contributed by atoms with E-state index in [1.807, 2.05) is 0 Å². The molecule has 1 fully saturated rings. The molecule has 30 heavy (non-hydrogen) atoms. The summed E-state index contributed by atoms with van der Waals surface area (Å²) in [7, 11) is 0. The summed E-state index contributed by atoms with van der Waals surface area (Å²) >= 11 is 0. The topological polar surface area (TPSA) is 211 Å². The summed E-state index contributed by atoms with van der Waals surface area (Å²) in [6.07, 6.45) is 1.89. The van der Waals surface area contributed by atoms with Gasteiger partial charge in [-0.15, -0.1) is 0 Å². The summed E-state index contributed by atoms with van der Waals surface area (Å²) in [5.41, 5.74) is 16.1. The first kappa shape index (κ1) is 25.3. The van der Waals surface area contributed by atoms with E-state index < -0.39 is 60.2 Å². The fraction of sp³-hybridized carbons (Fsp3) is 0.722. The lowest BCUT2D eigenvalue weighted by atomic mass is 10.1. The summed E-state index contributed by atoms with van der Waals surface area (Å²) < 4.78 is 0. The molecule has 1 saturated heterocycles. The Morgan fingerprint density at radius 1 is 1.13 bits per heavy atom. The molecule has 0 spiro atoms. The zero-order valence-electron chi connectivity index (χ0n) is 17.1. The van der Waals surface area contributed by atoms with Crippen LogP contribution in [0.1, 0.15) is 45.4 Å². The van der Waals surface area contributed by atoms with Crippen LogP contribution >= 0.6 is 0 Å². The van der Waals surface area contributed by atoms with Gasteiger partial charge >= 0.3 is 5.97 Å². The molecule has 0 aromatic rings. The van der Waals surface area contributed by atoms with E-state index in [1.54, 1.807) is 0 Å². The van der Waals surface area contributed by atoms with E-state index in [9.17, 15) is 29.1 Å². The summed E-state index contributed by atoms with van der Waals surface area (Å²) in [6, 6.07) is -4.07.